The van der Waals surface area contributed by atoms with Gasteiger partial charge in [0.2, 0.25) is 5.13 Å². The third kappa shape index (κ3) is 4.45. The standard InChI is InChI=1S/C20H24N6OS2/c1-4-17-24-25-20(29-17)23-16-9-5-8-15(22-16)14-7-6-10-26(11-14)19(27)18-12(2)21-13(3)28-18/h5,8-9,14H,4,6-7,10-11H2,1-3H3,(H,22,23,25). The van der Waals surface area contributed by atoms with Gasteiger partial charge in [-0.2, -0.15) is 0 Å². The minimum Gasteiger partial charge on any atom is -0.337 e. The molecule has 1 aliphatic rings. The van der Waals surface area contributed by atoms with Gasteiger partial charge in [0, 0.05) is 24.7 Å². The van der Waals surface area contributed by atoms with Crippen molar-refractivity contribution in [1.29, 1.82) is 0 Å². The second-order valence-electron chi connectivity index (χ2n) is 7.16. The van der Waals surface area contributed by atoms with Gasteiger partial charge in [0.15, 0.2) is 0 Å². The molecule has 3 aromatic rings. The molecule has 7 nitrogen and oxygen atoms in total. The molecule has 0 saturated carbocycles. The van der Waals surface area contributed by atoms with Crippen LogP contribution in [0.1, 0.15) is 56.8 Å². The van der Waals surface area contributed by atoms with E-state index in [1.54, 1.807) is 11.3 Å². The van der Waals surface area contributed by atoms with Gasteiger partial charge in [-0.1, -0.05) is 24.3 Å². The molecular weight excluding hydrogens is 404 g/mol. The van der Waals surface area contributed by atoms with Crippen molar-refractivity contribution in [3.05, 3.63) is 44.5 Å². The van der Waals surface area contributed by atoms with Crippen molar-refractivity contribution in [2.75, 3.05) is 18.4 Å². The van der Waals surface area contributed by atoms with Gasteiger partial charge >= 0.3 is 0 Å². The summed E-state index contributed by atoms with van der Waals surface area (Å²) in [5.41, 5.74) is 1.83. The van der Waals surface area contributed by atoms with Gasteiger partial charge < -0.3 is 10.2 Å². The van der Waals surface area contributed by atoms with Gasteiger partial charge in [-0.15, -0.1) is 21.5 Å². The minimum absolute atomic E-state index is 0.0908. The van der Waals surface area contributed by atoms with E-state index in [1.165, 1.54) is 11.3 Å². The third-order valence-corrected chi connectivity index (χ3v) is 7.04. The number of likely N-dealkylation sites (tertiary alicyclic amines) is 1. The lowest BCUT2D eigenvalue weighted by Gasteiger charge is -2.32. The van der Waals surface area contributed by atoms with Crippen molar-refractivity contribution in [1.82, 2.24) is 25.1 Å². The van der Waals surface area contributed by atoms with E-state index in [9.17, 15) is 4.79 Å². The normalized spacial score (nSPS) is 16.8. The number of carbonyl (C=O) groups excluding carboxylic acids is 1. The predicted octanol–water partition coefficient (Wildman–Crippen LogP) is 4.33. The van der Waals surface area contributed by atoms with Crippen molar-refractivity contribution in [2.45, 2.75) is 46.0 Å². The summed E-state index contributed by atoms with van der Waals surface area (Å²) in [4.78, 5) is 24.9. The maximum atomic E-state index is 13.0. The zero-order valence-electron chi connectivity index (χ0n) is 16.8. The number of nitrogens with one attached hydrogen (secondary N) is 1. The molecule has 3 aromatic heterocycles. The first-order chi connectivity index (χ1) is 14.0. The number of hydrogen-bond donors (Lipinski definition) is 1. The number of carbonyl (C=O) groups is 1. The quantitative estimate of drug-likeness (QED) is 0.651. The summed E-state index contributed by atoms with van der Waals surface area (Å²) in [5.74, 6) is 1.08. The highest BCUT2D eigenvalue weighted by atomic mass is 32.1. The lowest BCUT2D eigenvalue weighted by atomic mass is 9.94. The molecule has 0 spiro atoms. The van der Waals surface area contributed by atoms with Gasteiger partial charge in [0.1, 0.15) is 15.7 Å². The van der Waals surface area contributed by atoms with E-state index in [4.69, 9.17) is 4.98 Å². The molecule has 1 saturated heterocycles. The SMILES string of the molecule is CCc1nnc(Nc2cccc(C3CCCN(C(=O)c4sc(C)nc4C)C3)n2)s1. The number of hydrogen-bond acceptors (Lipinski definition) is 8. The molecule has 29 heavy (non-hydrogen) atoms. The summed E-state index contributed by atoms with van der Waals surface area (Å²) < 4.78 is 0. The van der Waals surface area contributed by atoms with Crippen LogP contribution in [0.25, 0.3) is 0 Å². The fourth-order valence-corrected chi connectivity index (χ4v) is 5.16. The molecular formula is C20H24N6OS2. The first-order valence-electron chi connectivity index (χ1n) is 9.83. The number of aryl methyl sites for hydroxylation is 3. The number of thiazole rings is 1. The van der Waals surface area contributed by atoms with E-state index in [0.29, 0.717) is 6.54 Å². The molecule has 1 atom stereocenters. The highest BCUT2D eigenvalue weighted by Gasteiger charge is 2.28. The number of amides is 1. The van der Waals surface area contributed by atoms with Crippen LogP contribution in [0.2, 0.25) is 0 Å². The van der Waals surface area contributed by atoms with Crippen LogP contribution in [-0.2, 0) is 6.42 Å². The molecule has 1 aliphatic heterocycles. The molecule has 4 heterocycles. The summed E-state index contributed by atoms with van der Waals surface area (Å²) in [5, 5.41) is 14.2. The lowest BCUT2D eigenvalue weighted by molar-refractivity contribution is 0.0710. The van der Waals surface area contributed by atoms with Crippen molar-refractivity contribution in [3.8, 4) is 0 Å². The Morgan fingerprint density at radius 3 is 2.83 bits per heavy atom. The molecule has 1 fully saturated rings. The molecule has 4 rings (SSSR count). The Morgan fingerprint density at radius 2 is 2.10 bits per heavy atom. The zero-order valence-corrected chi connectivity index (χ0v) is 18.4. The van der Waals surface area contributed by atoms with Gasteiger partial charge in [-0.05, 0) is 45.2 Å². The molecule has 1 amide bonds. The number of nitrogens with zero attached hydrogens (tertiary/aromatic N) is 5. The second-order valence-corrected chi connectivity index (χ2v) is 9.43. The smallest absolute Gasteiger partial charge is 0.265 e. The molecule has 0 bridgehead atoms. The van der Waals surface area contributed by atoms with Gasteiger partial charge in [0.25, 0.3) is 5.91 Å². The molecule has 152 valence electrons. The van der Waals surface area contributed by atoms with Crippen molar-refractivity contribution < 1.29 is 4.79 Å². The minimum atomic E-state index is 0.0908. The average Bonchev–Trinajstić information content (AvgIpc) is 3.33. The summed E-state index contributed by atoms with van der Waals surface area (Å²) in [6, 6.07) is 5.99. The topological polar surface area (TPSA) is 83.9 Å². The summed E-state index contributed by atoms with van der Waals surface area (Å²) >= 11 is 3.02. The molecule has 0 radical (unpaired) electrons. The Morgan fingerprint density at radius 1 is 1.24 bits per heavy atom. The lowest BCUT2D eigenvalue weighted by Crippen LogP contribution is -2.39. The zero-order chi connectivity index (χ0) is 20.4. The largest absolute Gasteiger partial charge is 0.337 e. The van der Waals surface area contributed by atoms with Crippen LogP contribution < -0.4 is 5.32 Å². The van der Waals surface area contributed by atoms with Crippen LogP contribution in [0.3, 0.4) is 0 Å². The van der Waals surface area contributed by atoms with Crippen LogP contribution in [0.15, 0.2) is 18.2 Å². The van der Waals surface area contributed by atoms with Crippen molar-refractivity contribution in [3.63, 3.8) is 0 Å². The summed E-state index contributed by atoms with van der Waals surface area (Å²) in [6.45, 7) is 7.39. The molecule has 1 N–H and O–H groups in total. The Bertz CT molecular complexity index is 1010. The Hall–Kier alpha value is -2.39. The van der Waals surface area contributed by atoms with E-state index >= 15 is 0 Å². The monoisotopic (exact) mass is 428 g/mol. The Kier molecular flexibility index (Phi) is 5.86. The maximum absolute atomic E-state index is 13.0. The maximum Gasteiger partial charge on any atom is 0.265 e. The molecule has 9 heteroatoms. The number of anilines is 2. The van der Waals surface area contributed by atoms with Crippen LogP contribution in [0.5, 0.6) is 0 Å². The Balaban J connectivity index is 1.48. The molecule has 0 aromatic carbocycles. The van der Waals surface area contributed by atoms with E-state index in [0.717, 1.165) is 63.0 Å². The third-order valence-electron chi connectivity index (χ3n) is 5.00. The number of piperidine rings is 1. The predicted molar refractivity (Wildman–Crippen MR) is 116 cm³/mol. The van der Waals surface area contributed by atoms with Gasteiger partial charge in [0.05, 0.1) is 10.7 Å². The fourth-order valence-electron chi connectivity index (χ4n) is 3.58. The number of pyridine rings is 1. The fraction of sp³-hybridized carbons (Fsp3) is 0.450. The molecule has 0 aliphatic carbocycles. The van der Waals surface area contributed by atoms with E-state index in [1.807, 2.05) is 36.9 Å². The second kappa shape index (κ2) is 8.54. The number of aromatic nitrogens is 4. The van der Waals surface area contributed by atoms with Crippen molar-refractivity contribution >= 4 is 39.5 Å². The molecule has 1 unspecified atom stereocenters. The van der Waals surface area contributed by atoms with E-state index in [2.05, 4.69) is 27.4 Å². The summed E-state index contributed by atoms with van der Waals surface area (Å²) in [6.07, 6.45) is 2.88. The van der Waals surface area contributed by atoms with Crippen LogP contribution in [0, 0.1) is 13.8 Å². The van der Waals surface area contributed by atoms with E-state index in [-0.39, 0.29) is 11.8 Å². The van der Waals surface area contributed by atoms with Crippen LogP contribution >= 0.6 is 22.7 Å². The van der Waals surface area contributed by atoms with Crippen LogP contribution in [0.4, 0.5) is 10.9 Å². The first kappa shape index (κ1) is 19.9. The van der Waals surface area contributed by atoms with E-state index < -0.39 is 0 Å². The first-order valence-corrected chi connectivity index (χ1v) is 11.5. The number of rotatable bonds is 5. The van der Waals surface area contributed by atoms with Crippen molar-refractivity contribution in [2.24, 2.45) is 0 Å². The van der Waals surface area contributed by atoms with Gasteiger partial charge in [-0.25, -0.2) is 9.97 Å². The van der Waals surface area contributed by atoms with Crippen LogP contribution in [-0.4, -0.2) is 44.1 Å². The average molecular weight is 429 g/mol. The van der Waals surface area contributed by atoms with Gasteiger partial charge in [-0.3, -0.25) is 4.79 Å². The summed E-state index contributed by atoms with van der Waals surface area (Å²) in [7, 11) is 0. The Labute approximate surface area is 178 Å². The highest BCUT2D eigenvalue weighted by Crippen LogP contribution is 2.29. The highest BCUT2D eigenvalue weighted by molar-refractivity contribution is 7.15.